The molecule has 0 heterocycles. The first-order valence-electron chi connectivity index (χ1n) is 9.64. The van der Waals surface area contributed by atoms with Gasteiger partial charge in [0.25, 0.3) is 5.91 Å². The first kappa shape index (κ1) is 24.1. The number of nitrogens with one attached hydrogen (secondary N) is 1. The highest BCUT2D eigenvalue weighted by Gasteiger charge is 2.14. The third-order valence-corrected chi connectivity index (χ3v) is 6.05. The molecule has 0 unspecified atom stereocenters. The first-order chi connectivity index (χ1) is 15.4. The van der Waals surface area contributed by atoms with Crippen LogP contribution < -0.4 is 14.8 Å². The van der Waals surface area contributed by atoms with Gasteiger partial charge < -0.3 is 14.8 Å². The zero-order valence-electron chi connectivity index (χ0n) is 17.5. The third-order valence-electron chi connectivity index (χ3n) is 4.53. The molecule has 0 spiro atoms. The largest absolute Gasteiger partial charge is 0.493 e. The molecule has 0 saturated carbocycles. The smallest absolute Gasteiger partial charge is 0.266 e. The van der Waals surface area contributed by atoms with Crippen molar-refractivity contribution in [3.63, 3.8) is 0 Å². The second kappa shape index (κ2) is 11.3. The van der Waals surface area contributed by atoms with E-state index in [1.165, 1.54) is 11.6 Å². The number of hydrogen-bond donors (Lipinski definition) is 1. The summed E-state index contributed by atoms with van der Waals surface area (Å²) in [6, 6.07) is 21.1. The van der Waals surface area contributed by atoms with Crippen LogP contribution in [0.5, 0.6) is 11.5 Å². The standard InChI is InChI=1S/C25H20I2N2O3/c1-16-3-5-17(6-4-16)15-32-24-22(27)12-18(13-23(24)31-2)11-19(14-28)25(30)29-21-9-7-20(26)8-10-21/h3-13H,15H2,1-2H3,(H,29,30)/b19-11+. The van der Waals surface area contributed by atoms with Crippen molar-refractivity contribution in [1.29, 1.82) is 5.26 Å². The number of benzene rings is 3. The van der Waals surface area contributed by atoms with E-state index in [1.807, 2.05) is 55.5 Å². The van der Waals surface area contributed by atoms with Crippen LogP contribution in [0.1, 0.15) is 16.7 Å². The zero-order valence-corrected chi connectivity index (χ0v) is 21.8. The van der Waals surface area contributed by atoms with Crippen molar-refractivity contribution in [2.45, 2.75) is 13.5 Å². The molecule has 0 saturated heterocycles. The van der Waals surface area contributed by atoms with Crippen LogP contribution in [-0.4, -0.2) is 13.0 Å². The van der Waals surface area contributed by atoms with E-state index in [9.17, 15) is 10.1 Å². The molecule has 1 N–H and O–H groups in total. The molecule has 1 amide bonds. The van der Waals surface area contributed by atoms with Gasteiger partial charge in [0, 0.05) is 9.26 Å². The number of carbonyl (C=O) groups is 1. The highest BCUT2D eigenvalue weighted by Crippen LogP contribution is 2.35. The molecular formula is C25H20I2N2O3. The van der Waals surface area contributed by atoms with Crippen LogP contribution in [0.3, 0.4) is 0 Å². The van der Waals surface area contributed by atoms with E-state index in [0.717, 1.165) is 12.7 Å². The number of methoxy groups -OCH3 is 1. The van der Waals surface area contributed by atoms with Crippen molar-refractivity contribution in [3.8, 4) is 17.6 Å². The van der Waals surface area contributed by atoms with Crippen molar-refractivity contribution in [2.24, 2.45) is 0 Å². The second-order valence-electron chi connectivity index (χ2n) is 6.94. The first-order valence-corrected chi connectivity index (χ1v) is 11.8. The number of amides is 1. The SMILES string of the molecule is COc1cc(/C=C(\C#N)C(=O)Nc2ccc(I)cc2)cc(I)c1OCc1ccc(C)cc1. The quantitative estimate of drug-likeness (QED) is 0.184. The van der Waals surface area contributed by atoms with E-state index in [1.54, 1.807) is 25.3 Å². The summed E-state index contributed by atoms with van der Waals surface area (Å²) in [6.45, 7) is 2.45. The van der Waals surface area contributed by atoms with Crippen molar-refractivity contribution in [2.75, 3.05) is 12.4 Å². The van der Waals surface area contributed by atoms with Crippen LogP contribution in [0.25, 0.3) is 6.08 Å². The lowest BCUT2D eigenvalue weighted by atomic mass is 10.1. The van der Waals surface area contributed by atoms with E-state index >= 15 is 0 Å². The fourth-order valence-electron chi connectivity index (χ4n) is 2.85. The van der Waals surface area contributed by atoms with Crippen LogP contribution in [0.4, 0.5) is 5.69 Å². The van der Waals surface area contributed by atoms with Gasteiger partial charge in [-0.25, -0.2) is 0 Å². The molecule has 0 radical (unpaired) electrons. The van der Waals surface area contributed by atoms with Crippen molar-refractivity contribution >= 4 is 62.9 Å². The average Bonchev–Trinajstić information content (AvgIpc) is 2.79. The maximum absolute atomic E-state index is 12.6. The number of aryl methyl sites for hydroxylation is 1. The van der Waals surface area contributed by atoms with E-state index in [2.05, 4.69) is 50.5 Å². The summed E-state index contributed by atoms with van der Waals surface area (Å²) >= 11 is 4.35. The van der Waals surface area contributed by atoms with E-state index < -0.39 is 5.91 Å². The Labute approximate surface area is 214 Å². The van der Waals surface area contributed by atoms with Gasteiger partial charge in [0.1, 0.15) is 18.2 Å². The summed E-state index contributed by atoms with van der Waals surface area (Å²) in [5, 5.41) is 12.3. The summed E-state index contributed by atoms with van der Waals surface area (Å²) in [5.74, 6) is 0.681. The number of ether oxygens (including phenoxy) is 2. The zero-order chi connectivity index (χ0) is 23.1. The molecule has 7 heteroatoms. The number of anilines is 1. The molecule has 0 fully saturated rings. The fraction of sp³-hybridized carbons (Fsp3) is 0.120. The normalized spacial score (nSPS) is 10.9. The van der Waals surface area contributed by atoms with Gasteiger partial charge in [0.05, 0.1) is 10.7 Å². The number of hydrogen-bond acceptors (Lipinski definition) is 4. The Morgan fingerprint density at radius 3 is 2.41 bits per heavy atom. The Kier molecular flexibility index (Phi) is 8.53. The molecule has 0 bridgehead atoms. The summed E-state index contributed by atoms with van der Waals surface area (Å²) in [7, 11) is 1.56. The van der Waals surface area contributed by atoms with Crippen LogP contribution in [-0.2, 0) is 11.4 Å². The van der Waals surface area contributed by atoms with Crippen molar-refractivity contribution in [3.05, 3.63) is 90.1 Å². The predicted octanol–water partition coefficient (Wildman–Crippen LogP) is 6.34. The van der Waals surface area contributed by atoms with E-state index in [-0.39, 0.29) is 5.57 Å². The minimum absolute atomic E-state index is 0.00488. The summed E-state index contributed by atoms with van der Waals surface area (Å²) in [6.07, 6.45) is 1.54. The van der Waals surface area contributed by atoms with Crippen molar-refractivity contribution < 1.29 is 14.3 Å². The molecule has 0 aliphatic carbocycles. The van der Waals surface area contributed by atoms with Crippen molar-refractivity contribution in [1.82, 2.24) is 0 Å². The number of nitriles is 1. The van der Waals surface area contributed by atoms with Gasteiger partial charge in [-0.05, 0) is 106 Å². The summed E-state index contributed by atoms with van der Waals surface area (Å²) < 4.78 is 13.4. The molecule has 162 valence electrons. The van der Waals surface area contributed by atoms with Gasteiger partial charge in [-0.2, -0.15) is 5.26 Å². The molecule has 0 aromatic heterocycles. The van der Waals surface area contributed by atoms with Gasteiger partial charge in [0.15, 0.2) is 11.5 Å². The molecule has 0 aliphatic rings. The van der Waals surface area contributed by atoms with E-state index in [0.29, 0.717) is 29.4 Å². The van der Waals surface area contributed by atoms with Gasteiger partial charge in [-0.3, -0.25) is 4.79 Å². The highest BCUT2D eigenvalue weighted by molar-refractivity contribution is 14.1. The summed E-state index contributed by atoms with van der Waals surface area (Å²) in [5.41, 5.74) is 3.54. The Morgan fingerprint density at radius 2 is 1.78 bits per heavy atom. The topological polar surface area (TPSA) is 71.3 Å². The second-order valence-corrected chi connectivity index (χ2v) is 9.35. The van der Waals surface area contributed by atoms with Gasteiger partial charge in [-0.1, -0.05) is 29.8 Å². The Hall–Kier alpha value is -2.58. The molecule has 32 heavy (non-hydrogen) atoms. The highest BCUT2D eigenvalue weighted by atomic mass is 127. The lowest BCUT2D eigenvalue weighted by Crippen LogP contribution is -2.13. The minimum atomic E-state index is -0.470. The van der Waals surface area contributed by atoms with Crippen LogP contribution in [0, 0.1) is 25.4 Å². The molecule has 3 rings (SSSR count). The van der Waals surface area contributed by atoms with Gasteiger partial charge in [0.2, 0.25) is 0 Å². The Bertz CT molecular complexity index is 1180. The van der Waals surface area contributed by atoms with Crippen LogP contribution in [0.2, 0.25) is 0 Å². The molecule has 5 nitrogen and oxygen atoms in total. The number of rotatable bonds is 7. The molecule has 3 aromatic rings. The lowest BCUT2D eigenvalue weighted by molar-refractivity contribution is -0.112. The maximum Gasteiger partial charge on any atom is 0.266 e. The Morgan fingerprint density at radius 1 is 1.09 bits per heavy atom. The monoisotopic (exact) mass is 650 g/mol. The predicted molar refractivity (Wildman–Crippen MR) is 143 cm³/mol. The number of carbonyl (C=O) groups excluding carboxylic acids is 1. The molecule has 0 aliphatic heterocycles. The molecular weight excluding hydrogens is 630 g/mol. The molecule has 3 aromatic carbocycles. The maximum atomic E-state index is 12.6. The van der Waals surface area contributed by atoms with Crippen LogP contribution >= 0.6 is 45.2 Å². The van der Waals surface area contributed by atoms with Gasteiger partial charge in [-0.15, -0.1) is 0 Å². The third kappa shape index (κ3) is 6.46. The number of nitrogens with zero attached hydrogens (tertiary/aromatic N) is 1. The number of halogens is 2. The summed E-state index contributed by atoms with van der Waals surface area (Å²) in [4.78, 5) is 12.6. The van der Waals surface area contributed by atoms with Gasteiger partial charge >= 0.3 is 0 Å². The van der Waals surface area contributed by atoms with E-state index in [4.69, 9.17) is 9.47 Å². The molecule has 0 atom stereocenters. The fourth-order valence-corrected chi connectivity index (χ4v) is 3.99. The van der Waals surface area contributed by atoms with Crippen LogP contribution in [0.15, 0.2) is 66.2 Å². The minimum Gasteiger partial charge on any atom is -0.493 e. The average molecular weight is 650 g/mol. The lowest BCUT2D eigenvalue weighted by Gasteiger charge is -2.14. The Balaban J connectivity index is 1.80.